The second kappa shape index (κ2) is 13.8. The standard InChI is InChI=1S/C58H35NO2S/c1-2-13-44-36(11-1)27-33-47-50-35-39(28-34-53(50)61-57(44)47)42-12-3-6-19-51(42)59(40-29-23-37(24-30-40)43-16-10-21-54-56(43)49-15-4-7-20-52(49)60-54)41-31-25-38(26-32-41)45-17-9-18-48-46-14-5-8-22-55(46)62-58(45)48/h1-35H. The molecule has 3 aromatic heterocycles. The number of hydrogen-bond donors (Lipinski definition) is 0. The number of furan rings is 2. The van der Waals surface area contributed by atoms with Crippen LogP contribution in [0, 0.1) is 0 Å². The molecule has 0 saturated heterocycles. The zero-order chi connectivity index (χ0) is 40.7. The third kappa shape index (κ3) is 5.44. The maximum absolute atomic E-state index is 6.54. The lowest BCUT2D eigenvalue weighted by atomic mass is 9.97. The van der Waals surface area contributed by atoms with Gasteiger partial charge in [-0.2, -0.15) is 0 Å². The summed E-state index contributed by atoms with van der Waals surface area (Å²) in [6, 6.07) is 76.3. The van der Waals surface area contributed by atoms with Crippen LogP contribution in [0.15, 0.2) is 221 Å². The van der Waals surface area contributed by atoms with Crippen molar-refractivity contribution < 1.29 is 8.83 Å². The van der Waals surface area contributed by atoms with Crippen LogP contribution in [-0.2, 0) is 0 Å². The van der Waals surface area contributed by atoms with Crippen molar-refractivity contribution in [3.05, 3.63) is 212 Å². The van der Waals surface area contributed by atoms with E-state index in [0.29, 0.717) is 0 Å². The number of fused-ring (bicyclic) bond motifs is 11. The third-order valence-electron chi connectivity index (χ3n) is 12.5. The fourth-order valence-corrected chi connectivity index (χ4v) is 10.8. The summed E-state index contributed by atoms with van der Waals surface area (Å²) in [7, 11) is 0. The molecule has 0 aliphatic rings. The minimum atomic E-state index is 0.884. The van der Waals surface area contributed by atoms with Gasteiger partial charge in [0.1, 0.15) is 22.3 Å². The molecule has 4 heteroatoms. The lowest BCUT2D eigenvalue weighted by Crippen LogP contribution is -2.11. The summed E-state index contributed by atoms with van der Waals surface area (Å²) in [5, 5.41) is 9.40. The van der Waals surface area contributed by atoms with Crippen molar-refractivity contribution in [3.8, 4) is 33.4 Å². The van der Waals surface area contributed by atoms with Gasteiger partial charge in [-0.1, -0.05) is 146 Å². The molecule has 3 nitrogen and oxygen atoms in total. The molecule has 0 aliphatic heterocycles. The topological polar surface area (TPSA) is 29.5 Å². The second-order valence-corrected chi connectivity index (χ2v) is 17.0. The molecular formula is C58H35NO2S. The minimum Gasteiger partial charge on any atom is -0.456 e. The Morgan fingerprint density at radius 1 is 0.355 bits per heavy atom. The number of nitrogens with zero attached hydrogens (tertiary/aromatic N) is 1. The van der Waals surface area contributed by atoms with E-state index in [1.807, 2.05) is 23.5 Å². The monoisotopic (exact) mass is 809 g/mol. The number of hydrogen-bond acceptors (Lipinski definition) is 4. The number of para-hydroxylation sites is 2. The maximum atomic E-state index is 6.54. The van der Waals surface area contributed by atoms with Gasteiger partial charge in [0.15, 0.2) is 0 Å². The summed E-state index contributed by atoms with van der Waals surface area (Å²) in [6.07, 6.45) is 0. The van der Waals surface area contributed by atoms with Gasteiger partial charge >= 0.3 is 0 Å². The quantitative estimate of drug-likeness (QED) is 0.168. The third-order valence-corrected chi connectivity index (χ3v) is 13.7. The molecule has 0 amide bonds. The van der Waals surface area contributed by atoms with Gasteiger partial charge in [0.25, 0.3) is 0 Å². The normalized spacial score (nSPS) is 11.9. The van der Waals surface area contributed by atoms with Gasteiger partial charge in [0.2, 0.25) is 0 Å². The van der Waals surface area contributed by atoms with E-state index in [9.17, 15) is 0 Å². The second-order valence-electron chi connectivity index (χ2n) is 16.0. The zero-order valence-corrected chi connectivity index (χ0v) is 34.2. The Kier molecular flexibility index (Phi) is 7.78. The summed E-state index contributed by atoms with van der Waals surface area (Å²) >= 11 is 1.87. The highest BCUT2D eigenvalue weighted by atomic mass is 32.1. The van der Waals surface area contributed by atoms with Gasteiger partial charge < -0.3 is 13.7 Å². The van der Waals surface area contributed by atoms with Crippen LogP contribution in [-0.4, -0.2) is 0 Å². The molecule has 0 saturated carbocycles. The van der Waals surface area contributed by atoms with E-state index in [0.717, 1.165) is 88.6 Å². The van der Waals surface area contributed by atoms with Gasteiger partial charge in [0, 0.05) is 64.0 Å². The predicted molar refractivity (Wildman–Crippen MR) is 262 cm³/mol. The van der Waals surface area contributed by atoms with Crippen LogP contribution in [0.3, 0.4) is 0 Å². The fraction of sp³-hybridized carbons (Fsp3) is 0. The highest BCUT2D eigenvalue weighted by Crippen LogP contribution is 2.46. The first-order valence-electron chi connectivity index (χ1n) is 21.0. The molecule has 0 spiro atoms. The van der Waals surface area contributed by atoms with Gasteiger partial charge in [0.05, 0.1) is 5.69 Å². The highest BCUT2D eigenvalue weighted by molar-refractivity contribution is 7.26. The summed E-state index contributed by atoms with van der Waals surface area (Å²) in [5.74, 6) is 0. The summed E-state index contributed by atoms with van der Waals surface area (Å²) in [6.45, 7) is 0. The first-order valence-corrected chi connectivity index (χ1v) is 21.8. The molecule has 10 aromatic carbocycles. The van der Waals surface area contributed by atoms with Crippen molar-refractivity contribution in [2.75, 3.05) is 4.90 Å². The van der Waals surface area contributed by atoms with E-state index < -0.39 is 0 Å². The molecule has 0 radical (unpaired) electrons. The van der Waals surface area contributed by atoms with Crippen LogP contribution in [0.5, 0.6) is 0 Å². The van der Waals surface area contributed by atoms with Crippen LogP contribution >= 0.6 is 11.3 Å². The highest BCUT2D eigenvalue weighted by Gasteiger charge is 2.20. The molecule has 0 aliphatic carbocycles. The Morgan fingerprint density at radius 2 is 0.968 bits per heavy atom. The van der Waals surface area contributed by atoms with Crippen molar-refractivity contribution >= 4 is 103 Å². The number of anilines is 3. The largest absolute Gasteiger partial charge is 0.456 e. The Labute approximate surface area is 360 Å². The predicted octanol–water partition coefficient (Wildman–Crippen LogP) is 17.5. The number of thiophene rings is 1. The van der Waals surface area contributed by atoms with Gasteiger partial charge in [-0.3, -0.25) is 0 Å². The van der Waals surface area contributed by atoms with Crippen LogP contribution in [0.1, 0.15) is 0 Å². The molecule has 13 rings (SSSR count). The first kappa shape index (κ1) is 34.9. The number of benzene rings is 10. The van der Waals surface area contributed by atoms with Crippen molar-refractivity contribution in [3.63, 3.8) is 0 Å². The molecule has 0 unspecified atom stereocenters. The molecule has 0 fully saturated rings. The average molecular weight is 810 g/mol. The molecular weight excluding hydrogens is 775 g/mol. The van der Waals surface area contributed by atoms with Crippen LogP contribution in [0.4, 0.5) is 17.1 Å². The molecule has 0 bridgehead atoms. The van der Waals surface area contributed by atoms with E-state index in [4.69, 9.17) is 8.83 Å². The summed E-state index contributed by atoms with van der Waals surface area (Å²) in [5.41, 5.74) is 13.8. The molecule has 0 atom stereocenters. The van der Waals surface area contributed by atoms with Crippen molar-refractivity contribution in [2.45, 2.75) is 0 Å². The summed E-state index contributed by atoms with van der Waals surface area (Å²) in [4.78, 5) is 2.39. The smallest absolute Gasteiger partial charge is 0.143 e. The summed E-state index contributed by atoms with van der Waals surface area (Å²) < 4.78 is 15.4. The van der Waals surface area contributed by atoms with Crippen molar-refractivity contribution in [1.82, 2.24) is 0 Å². The Hall–Kier alpha value is -7.92. The fourth-order valence-electron chi connectivity index (χ4n) is 9.58. The van der Waals surface area contributed by atoms with E-state index in [1.54, 1.807) is 0 Å². The molecule has 3 heterocycles. The lowest BCUT2D eigenvalue weighted by molar-refractivity contribution is 0.669. The van der Waals surface area contributed by atoms with E-state index in [-0.39, 0.29) is 0 Å². The van der Waals surface area contributed by atoms with Crippen LogP contribution in [0.25, 0.3) is 108 Å². The molecule has 62 heavy (non-hydrogen) atoms. The van der Waals surface area contributed by atoms with Crippen LogP contribution in [0.2, 0.25) is 0 Å². The van der Waals surface area contributed by atoms with Crippen LogP contribution < -0.4 is 4.90 Å². The van der Waals surface area contributed by atoms with E-state index >= 15 is 0 Å². The average Bonchev–Trinajstić information content (AvgIpc) is 4.04. The van der Waals surface area contributed by atoms with Gasteiger partial charge in [-0.25, -0.2) is 0 Å². The Balaban J connectivity index is 0.965. The zero-order valence-electron chi connectivity index (χ0n) is 33.4. The number of rotatable bonds is 6. The maximum Gasteiger partial charge on any atom is 0.143 e. The SMILES string of the molecule is c1ccc(N(c2ccc(-c3cccc4c3sc3ccccc34)cc2)c2ccc(-c3cccc4oc5ccccc5c34)cc2)c(-c2ccc3oc4c5ccccc5ccc4c3c2)c1. The van der Waals surface area contributed by atoms with Gasteiger partial charge in [-0.15, -0.1) is 11.3 Å². The minimum absolute atomic E-state index is 0.884. The van der Waals surface area contributed by atoms with E-state index in [2.05, 4.69) is 205 Å². The van der Waals surface area contributed by atoms with Crippen molar-refractivity contribution in [1.29, 1.82) is 0 Å². The van der Waals surface area contributed by atoms with Crippen molar-refractivity contribution in [2.24, 2.45) is 0 Å². The van der Waals surface area contributed by atoms with Gasteiger partial charge in [-0.05, 0) is 99.9 Å². The molecule has 0 N–H and O–H groups in total. The van der Waals surface area contributed by atoms with E-state index in [1.165, 1.54) is 36.7 Å². The first-order chi connectivity index (χ1) is 30.7. The molecule has 13 aromatic rings. The Morgan fingerprint density at radius 3 is 1.82 bits per heavy atom. The lowest BCUT2D eigenvalue weighted by Gasteiger charge is -2.28. The molecule has 290 valence electrons. The Bertz CT molecular complexity index is 3870.